The largest absolute Gasteiger partial charge is 0.314 e. The second-order valence-corrected chi connectivity index (χ2v) is 6.25. The minimum atomic E-state index is 0. The molecule has 0 aliphatic carbocycles. The lowest BCUT2D eigenvalue weighted by molar-refractivity contribution is 0.151. The molecule has 0 amide bonds. The molecule has 0 bridgehead atoms. The van der Waals surface area contributed by atoms with Crippen LogP contribution in [0.5, 0.6) is 0 Å². The number of nitrogens with zero attached hydrogens (tertiary/aromatic N) is 2. The Kier molecular flexibility index (Phi) is 10.0. The van der Waals surface area contributed by atoms with Gasteiger partial charge in [0.25, 0.3) is 0 Å². The summed E-state index contributed by atoms with van der Waals surface area (Å²) in [6.45, 7) is 8.99. The van der Waals surface area contributed by atoms with Crippen LogP contribution in [0.4, 0.5) is 0 Å². The molecule has 1 aliphatic heterocycles. The molecule has 0 aromatic carbocycles. The topological polar surface area (TPSA) is 28.2 Å². The van der Waals surface area contributed by atoms with Crippen LogP contribution in [0, 0.1) is 5.92 Å². The van der Waals surface area contributed by atoms with E-state index in [1.807, 2.05) is 6.20 Å². The summed E-state index contributed by atoms with van der Waals surface area (Å²) >= 11 is 3.46. The molecule has 0 unspecified atom stereocenters. The van der Waals surface area contributed by atoms with Gasteiger partial charge in [-0.2, -0.15) is 0 Å². The van der Waals surface area contributed by atoms with E-state index in [1.54, 1.807) is 0 Å². The third-order valence-corrected chi connectivity index (χ3v) is 3.85. The number of halogens is 3. The van der Waals surface area contributed by atoms with Gasteiger partial charge in [0.05, 0.1) is 11.7 Å². The number of hydrogen-bond donors (Lipinski definition) is 1. The van der Waals surface area contributed by atoms with Gasteiger partial charge in [0.2, 0.25) is 0 Å². The van der Waals surface area contributed by atoms with Gasteiger partial charge in [-0.05, 0) is 40.4 Å². The van der Waals surface area contributed by atoms with E-state index in [0.29, 0.717) is 12.0 Å². The van der Waals surface area contributed by atoms with Gasteiger partial charge in [0, 0.05) is 36.8 Å². The number of nitrogens with one attached hydrogen (secondary N) is 1. The zero-order valence-electron chi connectivity index (χ0n) is 12.0. The van der Waals surface area contributed by atoms with Crippen molar-refractivity contribution in [3.05, 3.63) is 28.5 Å². The molecule has 0 radical (unpaired) electrons. The first kappa shape index (κ1) is 20.1. The molecule has 1 saturated heterocycles. The second kappa shape index (κ2) is 9.96. The third kappa shape index (κ3) is 5.86. The fourth-order valence-corrected chi connectivity index (χ4v) is 2.72. The number of pyridine rings is 1. The second-order valence-electron chi connectivity index (χ2n) is 5.33. The lowest BCUT2D eigenvalue weighted by Crippen LogP contribution is -2.45. The van der Waals surface area contributed by atoms with E-state index in [-0.39, 0.29) is 24.8 Å². The highest BCUT2D eigenvalue weighted by molar-refractivity contribution is 9.10. The maximum atomic E-state index is 4.60. The molecule has 20 heavy (non-hydrogen) atoms. The van der Waals surface area contributed by atoms with Crippen LogP contribution in [0.25, 0.3) is 0 Å². The van der Waals surface area contributed by atoms with Crippen molar-refractivity contribution >= 4 is 40.7 Å². The van der Waals surface area contributed by atoms with Crippen molar-refractivity contribution in [1.82, 2.24) is 15.2 Å². The summed E-state index contributed by atoms with van der Waals surface area (Å²) in [7, 11) is 0. The summed E-state index contributed by atoms with van der Waals surface area (Å²) in [6.07, 6.45) is 3.08. The summed E-state index contributed by atoms with van der Waals surface area (Å²) in [4.78, 5) is 7.16. The van der Waals surface area contributed by atoms with Crippen LogP contribution in [-0.2, 0) is 0 Å². The molecule has 3 nitrogen and oxygen atoms in total. The molecule has 1 aromatic rings. The van der Waals surface area contributed by atoms with E-state index < -0.39 is 0 Å². The Balaban J connectivity index is 0.00000180. The minimum absolute atomic E-state index is 0. The molecular weight excluding hydrogens is 361 g/mol. The average Bonchev–Trinajstić information content (AvgIpc) is 2.38. The average molecular weight is 385 g/mol. The van der Waals surface area contributed by atoms with Crippen molar-refractivity contribution in [3.8, 4) is 0 Å². The van der Waals surface area contributed by atoms with Gasteiger partial charge in [-0.15, -0.1) is 24.8 Å². The Bertz CT molecular complexity index is 367. The molecule has 0 spiro atoms. The number of rotatable bonds is 4. The van der Waals surface area contributed by atoms with Crippen molar-refractivity contribution in [2.75, 3.05) is 26.2 Å². The van der Waals surface area contributed by atoms with Crippen molar-refractivity contribution in [2.45, 2.75) is 26.3 Å². The number of aromatic nitrogens is 1. The summed E-state index contributed by atoms with van der Waals surface area (Å²) in [5.74, 6) is 0.690. The standard InChI is InChI=1S/C14H22BrN3.2ClH/c1-11(2)9-14(18-7-5-16-6-8-18)13-4-3-12(15)10-17-13;;/h3-4,10-11,14,16H,5-9H2,1-2H3;2*1H/t14-;;/m0../s1. The molecule has 1 fully saturated rings. The monoisotopic (exact) mass is 383 g/mol. The van der Waals surface area contributed by atoms with Crippen molar-refractivity contribution < 1.29 is 0 Å². The van der Waals surface area contributed by atoms with E-state index in [4.69, 9.17) is 0 Å². The van der Waals surface area contributed by atoms with Gasteiger partial charge >= 0.3 is 0 Å². The van der Waals surface area contributed by atoms with Crippen molar-refractivity contribution in [2.24, 2.45) is 5.92 Å². The molecule has 116 valence electrons. The number of piperazine rings is 1. The first-order valence-electron chi connectivity index (χ1n) is 6.73. The molecular formula is C14H24BrCl2N3. The Morgan fingerprint density at radius 1 is 1.25 bits per heavy atom. The van der Waals surface area contributed by atoms with E-state index in [0.717, 1.165) is 30.7 Å². The molecule has 1 aromatic heterocycles. The van der Waals surface area contributed by atoms with Gasteiger partial charge in [0.15, 0.2) is 0 Å². The Hall–Kier alpha value is 0.130. The molecule has 1 N–H and O–H groups in total. The Labute approximate surface area is 142 Å². The highest BCUT2D eigenvalue weighted by Crippen LogP contribution is 2.27. The highest BCUT2D eigenvalue weighted by Gasteiger charge is 2.23. The van der Waals surface area contributed by atoms with Crippen LogP contribution in [0.2, 0.25) is 0 Å². The van der Waals surface area contributed by atoms with Crippen LogP contribution in [0.1, 0.15) is 32.0 Å². The Morgan fingerprint density at radius 2 is 1.90 bits per heavy atom. The van der Waals surface area contributed by atoms with Crippen LogP contribution < -0.4 is 5.32 Å². The number of hydrogen-bond acceptors (Lipinski definition) is 3. The lowest BCUT2D eigenvalue weighted by Gasteiger charge is -2.35. The molecule has 2 heterocycles. The summed E-state index contributed by atoms with van der Waals surface area (Å²) in [5.41, 5.74) is 1.20. The Morgan fingerprint density at radius 3 is 2.40 bits per heavy atom. The fraction of sp³-hybridized carbons (Fsp3) is 0.643. The molecule has 6 heteroatoms. The maximum Gasteiger partial charge on any atom is 0.0576 e. The highest BCUT2D eigenvalue weighted by atomic mass is 79.9. The quantitative estimate of drug-likeness (QED) is 0.857. The molecule has 1 atom stereocenters. The molecule has 2 rings (SSSR count). The van der Waals surface area contributed by atoms with Crippen LogP contribution >= 0.6 is 40.7 Å². The van der Waals surface area contributed by atoms with Gasteiger partial charge in [-0.1, -0.05) is 13.8 Å². The van der Waals surface area contributed by atoms with Crippen LogP contribution in [0.15, 0.2) is 22.8 Å². The van der Waals surface area contributed by atoms with Gasteiger partial charge in [-0.25, -0.2) is 0 Å². The van der Waals surface area contributed by atoms with E-state index in [1.165, 1.54) is 12.1 Å². The zero-order chi connectivity index (χ0) is 13.0. The predicted octanol–water partition coefficient (Wildman–Crippen LogP) is 3.68. The van der Waals surface area contributed by atoms with E-state index >= 15 is 0 Å². The van der Waals surface area contributed by atoms with Crippen LogP contribution in [0.3, 0.4) is 0 Å². The molecule has 0 saturated carbocycles. The van der Waals surface area contributed by atoms with Gasteiger partial charge in [-0.3, -0.25) is 9.88 Å². The molecule has 1 aliphatic rings. The minimum Gasteiger partial charge on any atom is -0.314 e. The predicted molar refractivity (Wildman–Crippen MR) is 93.1 cm³/mol. The summed E-state index contributed by atoms with van der Waals surface area (Å²) < 4.78 is 1.05. The zero-order valence-corrected chi connectivity index (χ0v) is 15.2. The van der Waals surface area contributed by atoms with Gasteiger partial charge in [0.1, 0.15) is 0 Å². The SMILES string of the molecule is CC(C)C[C@@H](c1ccc(Br)cn1)N1CCNCC1.Cl.Cl. The lowest BCUT2D eigenvalue weighted by atomic mass is 9.98. The van der Waals surface area contributed by atoms with Gasteiger partial charge < -0.3 is 5.32 Å². The summed E-state index contributed by atoms with van der Waals surface area (Å²) in [6, 6.07) is 4.71. The van der Waals surface area contributed by atoms with Crippen molar-refractivity contribution in [3.63, 3.8) is 0 Å². The van der Waals surface area contributed by atoms with Crippen molar-refractivity contribution in [1.29, 1.82) is 0 Å². The fourth-order valence-electron chi connectivity index (χ4n) is 2.48. The summed E-state index contributed by atoms with van der Waals surface area (Å²) in [5, 5.41) is 3.41. The third-order valence-electron chi connectivity index (χ3n) is 3.38. The van der Waals surface area contributed by atoms with E-state index in [2.05, 4.69) is 57.1 Å². The van der Waals surface area contributed by atoms with E-state index in [9.17, 15) is 0 Å². The van der Waals surface area contributed by atoms with Crippen LogP contribution in [-0.4, -0.2) is 36.1 Å². The first-order chi connectivity index (χ1) is 8.66. The normalized spacial score (nSPS) is 17.2. The smallest absolute Gasteiger partial charge is 0.0576 e. The first-order valence-corrected chi connectivity index (χ1v) is 7.52. The maximum absolute atomic E-state index is 4.60.